The molecule has 21 heavy (non-hydrogen) atoms. The Morgan fingerprint density at radius 3 is 2.48 bits per heavy atom. The molecule has 0 saturated heterocycles. The summed E-state index contributed by atoms with van der Waals surface area (Å²) in [5.74, 6) is -0.388. The Bertz CT molecular complexity index is 638. The number of hydrogen-bond donors (Lipinski definition) is 2. The average Bonchev–Trinajstić information content (AvgIpc) is 2.46. The molecule has 1 unspecified atom stereocenters. The number of carbonyl (C=O) groups excluding carboxylic acids is 1. The minimum atomic E-state index is -0.388. The van der Waals surface area contributed by atoms with Crippen LogP contribution in [0.15, 0.2) is 46.9 Å². The summed E-state index contributed by atoms with van der Waals surface area (Å²) >= 11 is 3.44. The van der Waals surface area contributed by atoms with Gasteiger partial charge in [0.2, 0.25) is 5.91 Å². The van der Waals surface area contributed by atoms with Gasteiger partial charge in [0.05, 0.1) is 0 Å². The Kier molecular flexibility index (Phi) is 5.15. The molecule has 0 aliphatic heterocycles. The van der Waals surface area contributed by atoms with Crippen LogP contribution in [-0.4, -0.2) is 5.91 Å². The van der Waals surface area contributed by atoms with Crippen LogP contribution in [0.4, 0.5) is 0 Å². The first-order valence-electron chi connectivity index (χ1n) is 6.85. The van der Waals surface area contributed by atoms with Crippen LogP contribution < -0.4 is 11.1 Å². The molecule has 2 aromatic rings. The van der Waals surface area contributed by atoms with Gasteiger partial charge in [-0.15, -0.1) is 0 Å². The van der Waals surface area contributed by atoms with Crippen LogP contribution >= 0.6 is 15.9 Å². The zero-order valence-corrected chi connectivity index (χ0v) is 13.8. The zero-order valence-electron chi connectivity index (χ0n) is 12.2. The van der Waals surface area contributed by atoms with Gasteiger partial charge in [-0.3, -0.25) is 4.79 Å². The molecule has 0 bridgehead atoms. The van der Waals surface area contributed by atoms with Crippen LogP contribution in [-0.2, 0) is 6.54 Å². The molecular formula is C17H19BrN2O. The lowest BCUT2D eigenvalue weighted by molar-refractivity contribution is 0.1000. The predicted molar refractivity (Wildman–Crippen MR) is 89.1 cm³/mol. The molecule has 0 heterocycles. The van der Waals surface area contributed by atoms with Gasteiger partial charge in [-0.1, -0.05) is 34.1 Å². The number of amides is 1. The van der Waals surface area contributed by atoms with Crippen molar-refractivity contribution in [3.8, 4) is 0 Å². The molecule has 0 radical (unpaired) electrons. The van der Waals surface area contributed by atoms with E-state index in [1.54, 1.807) is 6.07 Å². The van der Waals surface area contributed by atoms with Crippen molar-refractivity contribution >= 4 is 21.8 Å². The smallest absolute Gasteiger partial charge is 0.248 e. The van der Waals surface area contributed by atoms with Gasteiger partial charge in [-0.2, -0.15) is 0 Å². The minimum Gasteiger partial charge on any atom is -0.366 e. The largest absolute Gasteiger partial charge is 0.366 e. The molecule has 0 aliphatic rings. The Balaban J connectivity index is 2.02. The van der Waals surface area contributed by atoms with Gasteiger partial charge in [0, 0.05) is 22.6 Å². The first kappa shape index (κ1) is 15.7. The summed E-state index contributed by atoms with van der Waals surface area (Å²) in [6.07, 6.45) is 0. The molecule has 2 aromatic carbocycles. The van der Waals surface area contributed by atoms with Gasteiger partial charge in [0.25, 0.3) is 0 Å². The predicted octanol–water partition coefficient (Wildman–Crippen LogP) is 3.71. The van der Waals surface area contributed by atoms with Gasteiger partial charge in [0.15, 0.2) is 0 Å². The van der Waals surface area contributed by atoms with Crippen LogP contribution in [0, 0.1) is 6.92 Å². The number of nitrogens with one attached hydrogen (secondary N) is 1. The molecule has 0 spiro atoms. The lowest BCUT2D eigenvalue weighted by Crippen LogP contribution is -2.19. The summed E-state index contributed by atoms with van der Waals surface area (Å²) in [5, 5.41) is 3.49. The van der Waals surface area contributed by atoms with Crippen molar-refractivity contribution in [2.75, 3.05) is 0 Å². The van der Waals surface area contributed by atoms with Crippen LogP contribution in [0.3, 0.4) is 0 Å². The Morgan fingerprint density at radius 1 is 1.24 bits per heavy atom. The number of benzene rings is 2. The molecule has 0 saturated carbocycles. The van der Waals surface area contributed by atoms with Gasteiger partial charge in [0.1, 0.15) is 0 Å². The molecule has 3 nitrogen and oxygen atoms in total. The van der Waals surface area contributed by atoms with Gasteiger partial charge in [-0.25, -0.2) is 0 Å². The number of primary amides is 1. The molecule has 0 fully saturated rings. The van der Waals surface area contributed by atoms with Crippen LogP contribution in [0.1, 0.15) is 40.0 Å². The van der Waals surface area contributed by atoms with E-state index in [1.165, 1.54) is 11.1 Å². The summed E-state index contributed by atoms with van der Waals surface area (Å²) in [7, 11) is 0. The van der Waals surface area contributed by atoms with Crippen molar-refractivity contribution in [3.63, 3.8) is 0 Å². The average molecular weight is 347 g/mol. The quantitative estimate of drug-likeness (QED) is 0.866. The van der Waals surface area contributed by atoms with E-state index >= 15 is 0 Å². The van der Waals surface area contributed by atoms with E-state index in [4.69, 9.17) is 5.73 Å². The Labute approximate surface area is 133 Å². The monoisotopic (exact) mass is 346 g/mol. The van der Waals surface area contributed by atoms with Crippen LogP contribution in [0.25, 0.3) is 0 Å². The SMILES string of the molecule is Cc1cc(C(N)=O)ccc1CNC(C)c1ccc(Br)cc1. The Hall–Kier alpha value is -1.65. The van der Waals surface area contributed by atoms with E-state index in [9.17, 15) is 4.79 Å². The third-order valence-electron chi connectivity index (χ3n) is 3.60. The molecule has 3 N–H and O–H groups in total. The molecular weight excluding hydrogens is 328 g/mol. The van der Waals surface area contributed by atoms with E-state index in [2.05, 4.69) is 40.3 Å². The maximum atomic E-state index is 11.1. The number of carbonyl (C=O) groups is 1. The molecule has 1 atom stereocenters. The maximum Gasteiger partial charge on any atom is 0.248 e. The third kappa shape index (κ3) is 4.16. The zero-order chi connectivity index (χ0) is 15.4. The second-order valence-corrected chi connectivity index (χ2v) is 6.08. The highest BCUT2D eigenvalue weighted by atomic mass is 79.9. The highest BCUT2D eigenvalue weighted by molar-refractivity contribution is 9.10. The van der Waals surface area contributed by atoms with Gasteiger partial charge in [-0.05, 0) is 54.8 Å². The summed E-state index contributed by atoms with van der Waals surface area (Å²) in [5.41, 5.74) is 9.32. The fourth-order valence-corrected chi connectivity index (χ4v) is 2.44. The van der Waals surface area contributed by atoms with Gasteiger partial charge < -0.3 is 11.1 Å². The number of nitrogens with two attached hydrogens (primary N) is 1. The van der Waals surface area contributed by atoms with Crippen molar-refractivity contribution < 1.29 is 4.79 Å². The molecule has 2 rings (SSSR count). The van der Waals surface area contributed by atoms with Crippen LogP contribution in [0.5, 0.6) is 0 Å². The lowest BCUT2D eigenvalue weighted by Gasteiger charge is -2.16. The summed E-state index contributed by atoms with van der Waals surface area (Å²) < 4.78 is 1.08. The number of hydrogen-bond acceptors (Lipinski definition) is 2. The highest BCUT2D eigenvalue weighted by Gasteiger charge is 2.07. The fourth-order valence-electron chi connectivity index (χ4n) is 2.18. The maximum absolute atomic E-state index is 11.1. The first-order chi connectivity index (χ1) is 9.97. The molecule has 110 valence electrons. The van der Waals surface area contributed by atoms with Crippen molar-refractivity contribution in [3.05, 3.63) is 69.2 Å². The highest BCUT2D eigenvalue weighted by Crippen LogP contribution is 2.18. The number of halogens is 1. The van der Waals surface area contributed by atoms with Crippen molar-refractivity contribution in [2.24, 2.45) is 5.73 Å². The molecule has 4 heteroatoms. The summed E-state index contributed by atoms with van der Waals surface area (Å²) in [6, 6.07) is 14.1. The summed E-state index contributed by atoms with van der Waals surface area (Å²) in [4.78, 5) is 11.1. The summed E-state index contributed by atoms with van der Waals surface area (Å²) in [6.45, 7) is 4.88. The lowest BCUT2D eigenvalue weighted by atomic mass is 10.0. The molecule has 0 aliphatic carbocycles. The number of rotatable bonds is 5. The molecule has 1 amide bonds. The van der Waals surface area contributed by atoms with Gasteiger partial charge >= 0.3 is 0 Å². The van der Waals surface area contributed by atoms with Crippen LogP contribution in [0.2, 0.25) is 0 Å². The number of aryl methyl sites for hydroxylation is 1. The first-order valence-corrected chi connectivity index (χ1v) is 7.65. The van der Waals surface area contributed by atoms with Crippen molar-refractivity contribution in [1.29, 1.82) is 0 Å². The van der Waals surface area contributed by atoms with E-state index in [1.807, 2.05) is 31.2 Å². The topological polar surface area (TPSA) is 55.1 Å². The second kappa shape index (κ2) is 6.87. The minimum absolute atomic E-state index is 0.258. The molecule has 0 aromatic heterocycles. The van der Waals surface area contributed by atoms with E-state index in [0.717, 1.165) is 16.6 Å². The second-order valence-electron chi connectivity index (χ2n) is 5.16. The van der Waals surface area contributed by atoms with E-state index < -0.39 is 0 Å². The Morgan fingerprint density at radius 2 is 1.90 bits per heavy atom. The van der Waals surface area contributed by atoms with E-state index in [0.29, 0.717) is 5.56 Å². The third-order valence-corrected chi connectivity index (χ3v) is 4.12. The van der Waals surface area contributed by atoms with E-state index in [-0.39, 0.29) is 11.9 Å². The van der Waals surface area contributed by atoms with Crippen molar-refractivity contribution in [1.82, 2.24) is 5.32 Å². The normalized spacial score (nSPS) is 12.1. The van der Waals surface area contributed by atoms with Crippen molar-refractivity contribution in [2.45, 2.75) is 26.4 Å². The fraction of sp³-hybridized carbons (Fsp3) is 0.235. The standard InChI is InChI=1S/C17H19BrN2O/c1-11-9-14(17(19)21)3-4-15(11)10-20-12(2)13-5-7-16(18)8-6-13/h3-9,12,20H,10H2,1-2H3,(H2,19,21).